The molecule has 2 aliphatic rings. The minimum Gasteiger partial charge on any atom is -0.316 e. The lowest BCUT2D eigenvalue weighted by Gasteiger charge is -2.23. The molecule has 5 heteroatoms. The maximum absolute atomic E-state index is 12.7. The van der Waals surface area contributed by atoms with Crippen LogP contribution in [-0.4, -0.2) is 21.5 Å². The van der Waals surface area contributed by atoms with E-state index in [0.29, 0.717) is 17.4 Å². The van der Waals surface area contributed by atoms with Crippen LogP contribution in [0.5, 0.6) is 0 Å². The third-order valence-corrected chi connectivity index (χ3v) is 6.60. The first-order valence-electron chi connectivity index (χ1n) is 7.76. The first-order chi connectivity index (χ1) is 9.99. The number of benzene rings is 1. The summed E-state index contributed by atoms with van der Waals surface area (Å²) < 4.78 is 28.4. The Bertz CT molecular complexity index is 627. The van der Waals surface area contributed by atoms with Crippen molar-refractivity contribution in [3.63, 3.8) is 0 Å². The fraction of sp³-hybridized carbons (Fsp3) is 0.625. The molecule has 0 heterocycles. The third-order valence-electron chi connectivity index (χ3n) is 4.97. The van der Waals surface area contributed by atoms with Gasteiger partial charge in [-0.15, -0.1) is 0 Å². The van der Waals surface area contributed by atoms with Crippen LogP contribution in [0.2, 0.25) is 0 Å². The number of aryl methyl sites for hydroxylation is 1. The van der Waals surface area contributed by atoms with Gasteiger partial charge < -0.3 is 5.32 Å². The fourth-order valence-corrected chi connectivity index (χ4v) is 5.51. The fourth-order valence-electron chi connectivity index (χ4n) is 3.90. The van der Waals surface area contributed by atoms with E-state index in [2.05, 4.69) is 10.0 Å². The van der Waals surface area contributed by atoms with E-state index in [1.807, 2.05) is 26.1 Å². The average molecular weight is 308 g/mol. The van der Waals surface area contributed by atoms with Gasteiger partial charge in [0.05, 0.1) is 4.90 Å². The van der Waals surface area contributed by atoms with E-state index in [1.165, 1.54) is 19.3 Å². The zero-order valence-corrected chi connectivity index (χ0v) is 13.5. The van der Waals surface area contributed by atoms with E-state index in [1.54, 1.807) is 6.07 Å². The van der Waals surface area contributed by atoms with Crippen molar-refractivity contribution in [3.05, 3.63) is 29.3 Å². The van der Waals surface area contributed by atoms with E-state index in [0.717, 1.165) is 23.5 Å². The van der Waals surface area contributed by atoms with Crippen LogP contribution in [0.1, 0.15) is 36.8 Å². The monoisotopic (exact) mass is 308 g/mol. The Balaban J connectivity index is 1.82. The zero-order valence-electron chi connectivity index (χ0n) is 12.7. The molecule has 2 N–H and O–H groups in total. The highest BCUT2D eigenvalue weighted by atomic mass is 32.2. The Morgan fingerprint density at radius 3 is 2.67 bits per heavy atom. The number of fused-ring (bicyclic) bond motifs is 2. The largest absolute Gasteiger partial charge is 0.316 e. The van der Waals surface area contributed by atoms with Gasteiger partial charge in [0.15, 0.2) is 0 Å². The van der Waals surface area contributed by atoms with Crippen LogP contribution < -0.4 is 10.0 Å². The molecule has 2 saturated carbocycles. The average Bonchev–Trinajstić information content (AvgIpc) is 3.03. The molecule has 116 valence electrons. The van der Waals surface area contributed by atoms with Gasteiger partial charge in [0, 0.05) is 12.6 Å². The molecule has 0 spiro atoms. The molecular weight excluding hydrogens is 284 g/mol. The predicted octanol–water partition coefficient (Wildman–Crippen LogP) is 2.18. The van der Waals surface area contributed by atoms with Gasteiger partial charge in [0.1, 0.15) is 0 Å². The zero-order chi connectivity index (χ0) is 15.0. The quantitative estimate of drug-likeness (QED) is 0.876. The molecular formula is C16H24N2O2S. The van der Waals surface area contributed by atoms with Gasteiger partial charge in [-0.2, -0.15) is 0 Å². The van der Waals surface area contributed by atoms with Crippen molar-refractivity contribution < 1.29 is 8.42 Å². The van der Waals surface area contributed by atoms with E-state index >= 15 is 0 Å². The van der Waals surface area contributed by atoms with Crippen molar-refractivity contribution in [3.8, 4) is 0 Å². The van der Waals surface area contributed by atoms with Crippen LogP contribution in [0.25, 0.3) is 0 Å². The molecule has 0 saturated heterocycles. The molecule has 0 aliphatic heterocycles. The highest BCUT2D eigenvalue weighted by molar-refractivity contribution is 7.89. The number of nitrogens with one attached hydrogen (secondary N) is 2. The lowest BCUT2D eigenvalue weighted by atomic mass is 9.96. The second-order valence-corrected chi connectivity index (χ2v) is 8.22. The molecule has 1 aromatic carbocycles. The van der Waals surface area contributed by atoms with Gasteiger partial charge in [-0.25, -0.2) is 13.1 Å². The van der Waals surface area contributed by atoms with Gasteiger partial charge in [-0.3, -0.25) is 0 Å². The van der Waals surface area contributed by atoms with E-state index < -0.39 is 10.0 Å². The van der Waals surface area contributed by atoms with Gasteiger partial charge in [0.2, 0.25) is 10.0 Å². The first kappa shape index (κ1) is 15.0. The summed E-state index contributed by atoms with van der Waals surface area (Å²) in [5, 5.41) is 3.06. The summed E-state index contributed by atoms with van der Waals surface area (Å²) in [4.78, 5) is 0.429. The summed E-state index contributed by atoms with van der Waals surface area (Å²) >= 11 is 0. The summed E-state index contributed by atoms with van der Waals surface area (Å²) in [5.74, 6) is 1.28. The van der Waals surface area contributed by atoms with Gasteiger partial charge in [0.25, 0.3) is 0 Å². The Hall–Kier alpha value is -0.910. The summed E-state index contributed by atoms with van der Waals surface area (Å²) in [6.45, 7) is 2.54. The second-order valence-electron chi connectivity index (χ2n) is 6.53. The van der Waals surface area contributed by atoms with Crippen LogP contribution >= 0.6 is 0 Å². The molecule has 2 fully saturated rings. The molecule has 3 rings (SSSR count). The lowest BCUT2D eigenvalue weighted by Crippen LogP contribution is -2.38. The number of sulfonamides is 1. The topological polar surface area (TPSA) is 58.2 Å². The molecule has 2 bridgehead atoms. The molecule has 3 atom stereocenters. The van der Waals surface area contributed by atoms with Crippen molar-refractivity contribution in [2.45, 2.75) is 50.1 Å². The first-order valence-corrected chi connectivity index (χ1v) is 9.24. The summed E-state index contributed by atoms with van der Waals surface area (Å²) in [5.41, 5.74) is 1.81. The van der Waals surface area contributed by atoms with E-state index in [-0.39, 0.29) is 6.04 Å². The summed E-state index contributed by atoms with van der Waals surface area (Å²) in [6.07, 6.45) is 4.67. The molecule has 0 amide bonds. The van der Waals surface area contributed by atoms with Gasteiger partial charge in [-0.1, -0.05) is 18.6 Å². The summed E-state index contributed by atoms with van der Waals surface area (Å²) in [6, 6.07) is 5.80. The number of hydrogen-bond acceptors (Lipinski definition) is 3. The maximum Gasteiger partial charge on any atom is 0.241 e. The Morgan fingerprint density at radius 2 is 2.05 bits per heavy atom. The molecule has 0 aromatic heterocycles. The van der Waals surface area contributed by atoms with Crippen LogP contribution in [0.15, 0.2) is 23.1 Å². The van der Waals surface area contributed by atoms with Crippen molar-refractivity contribution in [2.24, 2.45) is 11.8 Å². The Kier molecular flexibility index (Phi) is 4.08. The molecule has 3 unspecified atom stereocenters. The minimum absolute atomic E-state index is 0.140. The van der Waals surface area contributed by atoms with Crippen molar-refractivity contribution >= 4 is 10.0 Å². The molecule has 21 heavy (non-hydrogen) atoms. The third kappa shape index (κ3) is 3.00. The highest BCUT2D eigenvalue weighted by Gasteiger charge is 2.41. The van der Waals surface area contributed by atoms with Crippen LogP contribution in [-0.2, 0) is 16.6 Å². The van der Waals surface area contributed by atoms with Crippen LogP contribution in [0, 0.1) is 18.8 Å². The van der Waals surface area contributed by atoms with Gasteiger partial charge >= 0.3 is 0 Å². The maximum atomic E-state index is 12.7. The molecule has 0 radical (unpaired) electrons. The normalized spacial score (nSPS) is 28.2. The second kappa shape index (κ2) is 5.71. The number of hydrogen-bond donors (Lipinski definition) is 2. The smallest absolute Gasteiger partial charge is 0.241 e. The highest BCUT2D eigenvalue weighted by Crippen LogP contribution is 2.44. The lowest BCUT2D eigenvalue weighted by molar-refractivity contribution is 0.390. The molecule has 4 nitrogen and oxygen atoms in total. The van der Waals surface area contributed by atoms with Crippen molar-refractivity contribution in [1.82, 2.24) is 10.0 Å². The van der Waals surface area contributed by atoms with E-state index in [9.17, 15) is 8.42 Å². The minimum atomic E-state index is -3.42. The van der Waals surface area contributed by atoms with Crippen molar-refractivity contribution in [2.75, 3.05) is 7.05 Å². The SMILES string of the molecule is CNCc1ccc(C)c(S(=O)(=O)NC2CC3CCC2C3)c1. The van der Waals surface area contributed by atoms with E-state index in [4.69, 9.17) is 0 Å². The molecule has 2 aliphatic carbocycles. The van der Waals surface area contributed by atoms with Crippen LogP contribution in [0.4, 0.5) is 0 Å². The molecule has 1 aromatic rings. The summed E-state index contributed by atoms with van der Waals surface area (Å²) in [7, 11) is -1.55. The Labute approximate surface area is 127 Å². The predicted molar refractivity (Wildman–Crippen MR) is 83.5 cm³/mol. The Morgan fingerprint density at radius 1 is 1.24 bits per heavy atom. The van der Waals surface area contributed by atoms with Crippen molar-refractivity contribution in [1.29, 1.82) is 0 Å². The standard InChI is InChI=1S/C16H24N2O2S/c1-11-3-4-13(10-17-2)9-16(11)21(19,20)18-15-8-12-5-6-14(15)7-12/h3-4,9,12,14-15,17-18H,5-8,10H2,1-2H3. The van der Waals surface area contributed by atoms with Crippen LogP contribution in [0.3, 0.4) is 0 Å². The van der Waals surface area contributed by atoms with Gasteiger partial charge in [-0.05, 0) is 62.3 Å². The number of rotatable bonds is 5.